The number of nitrogens with zero attached hydrogens (tertiary/aromatic N) is 1. The molecular weight excluding hydrogens is 432 g/mol. The summed E-state index contributed by atoms with van der Waals surface area (Å²) in [6.07, 6.45) is 0.751. The zero-order valence-electron chi connectivity index (χ0n) is 18.5. The Balaban J connectivity index is 1.70. The Morgan fingerprint density at radius 3 is 2.50 bits per heavy atom. The number of carbonyl (C=O) groups is 2. The number of ether oxygens (including phenoxy) is 2. The minimum absolute atomic E-state index is 0.00824. The van der Waals surface area contributed by atoms with E-state index in [4.69, 9.17) is 9.47 Å². The fourth-order valence-electron chi connectivity index (χ4n) is 3.50. The number of para-hydroxylation sites is 1. The molecule has 1 N–H and O–H groups in total. The van der Waals surface area contributed by atoms with Gasteiger partial charge >= 0.3 is 5.97 Å². The van der Waals surface area contributed by atoms with Gasteiger partial charge in [-0.3, -0.25) is 4.79 Å². The second-order valence-corrected chi connectivity index (χ2v) is 9.52. The average Bonchev–Trinajstić information content (AvgIpc) is 2.79. The number of hydrogen-bond acceptors (Lipinski definition) is 6. The monoisotopic (exact) mass is 460 g/mol. The van der Waals surface area contributed by atoms with Crippen molar-refractivity contribution in [1.29, 1.82) is 0 Å². The minimum atomic E-state index is -3.75. The highest BCUT2D eigenvalue weighted by Gasteiger charge is 2.27. The number of amides is 1. The lowest BCUT2D eigenvalue weighted by Crippen LogP contribution is -2.40. The van der Waals surface area contributed by atoms with Crippen molar-refractivity contribution in [3.05, 3.63) is 58.7 Å². The fraction of sp³-hybridized carbons (Fsp3) is 0.391. The molecule has 9 heteroatoms. The van der Waals surface area contributed by atoms with Crippen LogP contribution in [0.4, 0.5) is 5.69 Å². The molecule has 32 heavy (non-hydrogen) atoms. The van der Waals surface area contributed by atoms with Crippen LogP contribution in [0.25, 0.3) is 0 Å². The zero-order valence-corrected chi connectivity index (χ0v) is 19.3. The molecule has 3 rings (SSSR count). The number of hydrogen-bond donors (Lipinski definition) is 1. The largest absolute Gasteiger partial charge is 0.452 e. The summed E-state index contributed by atoms with van der Waals surface area (Å²) in [6, 6.07) is 10.1. The van der Waals surface area contributed by atoms with E-state index in [0.29, 0.717) is 24.5 Å². The quantitative estimate of drug-likeness (QED) is 0.638. The predicted octanol–water partition coefficient (Wildman–Crippen LogP) is 2.68. The van der Waals surface area contributed by atoms with Gasteiger partial charge in [0.15, 0.2) is 6.61 Å². The summed E-state index contributed by atoms with van der Waals surface area (Å²) in [7, 11) is -3.75. The number of esters is 1. The van der Waals surface area contributed by atoms with Crippen molar-refractivity contribution >= 4 is 27.6 Å². The van der Waals surface area contributed by atoms with E-state index in [1.165, 1.54) is 16.4 Å². The maximum absolute atomic E-state index is 12.9. The van der Waals surface area contributed by atoms with Gasteiger partial charge in [-0.05, 0) is 49.1 Å². The molecule has 2 aromatic rings. The molecule has 0 aromatic heterocycles. The number of aryl methyl sites for hydroxylation is 3. The fourth-order valence-corrected chi connectivity index (χ4v) is 4.94. The first-order chi connectivity index (χ1) is 15.2. The van der Waals surface area contributed by atoms with Crippen molar-refractivity contribution in [3.63, 3.8) is 0 Å². The van der Waals surface area contributed by atoms with Gasteiger partial charge in [-0.1, -0.05) is 31.2 Å². The number of morpholine rings is 1. The van der Waals surface area contributed by atoms with Gasteiger partial charge in [0.2, 0.25) is 10.0 Å². The first-order valence-corrected chi connectivity index (χ1v) is 11.9. The van der Waals surface area contributed by atoms with Crippen LogP contribution < -0.4 is 5.32 Å². The van der Waals surface area contributed by atoms with Crippen LogP contribution in [0, 0.1) is 13.8 Å². The van der Waals surface area contributed by atoms with E-state index in [2.05, 4.69) is 5.32 Å². The third-order valence-electron chi connectivity index (χ3n) is 5.38. The van der Waals surface area contributed by atoms with Gasteiger partial charge in [0.05, 0.1) is 23.7 Å². The lowest BCUT2D eigenvalue weighted by Gasteiger charge is -2.26. The van der Waals surface area contributed by atoms with Gasteiger partial charge in [-0.25, -0.2) is 13.2 Å². The SMILES string of the molecule is CCc1cccc(C)c1NC(=O)COC(=O)c1cc(S(=O)(=O)N2CCOCC2)ccc1C. The van der Waals surface area contributed by atoms with Gasteiger partial charge in [-0.15, -0.1) is 0 Å². The van der Waals surface area contributed by atoms with Crippen LogP contribution in [0.15, 0.2) is 41.3 Å². The predicted molar refractivity (Wildman–Crippen MR) is 120 cm³/mol. The number of carbonyl (C=O) groups excluding carboxylic acids is 2. The third kappa shape index (κ3) is 5.35. The molecule has 1 heterocycles. The van der Waals surface area contributed by atoms with Crippen molar-refractivity contribution in [2.45, 2.75) is 32.1 Å². The molecular formula is C23H28N2O6S. The van der Waals surface area contributed by atoms with Gasteiger partial charge in [-0.2, -0.15) is 4.31 Å². The number of benzene rings is 2. The van der Waals surface area contributed by atoms with Gasteiger partial charge in [0.1, 0.15) is 0 Å². The van der Waals surface area contributed by atoms with Crippen molar-refractivity contribution in [3.8, 4) is 0 Å². The molecule has 0 unspecified atom stereocenters. The van der Waals surface area contributed by atoms with Gasteiger partial charge in [0.25, 0.3) is 5.91 Å². The van der Waals surface area contributed by atoms with E-state index in [9.17, 15) is 18.0 Å². The van der Waals surface area contributed by atoms with Crippen LogP contribution in [0.5, 0.6) is 0 Å². The van der Waals surface area contributed by atoms with E-state index in [1.807, 2.05) is 32.0 Å². The minimum Gasteiger partial charge on any atom is -0.452 e. The summed E-state index contributed by atoms with van der Waals surface area (Å²) >= 11 is 0. The van der Waals surface area contributed by atoms with Gasteiger partial charge < -0.3 is 14.8 Å². The Morgan fingerprint density at radius 1 is 1.09 bits per heavy atom. The number of rotatable bonds is 7. The number of anilines is 1. The Bertz CT molecular complexity index is 1110. The Hall–Kier alpha value is -2.75. The summed E-state index contributed by atoms with van der Waals surface area (Å²) in [5.74, 6) is -1.21. The standard InChI is InChI=1S/C23H28N2O6S/c1-4-18-7-5-6-17(3)22(18)24-21(26)15-31-23(27)20-14-19(9-8-16(20)2)32(28,29)25-10-12-30-13-11-25/h5-9,14H,4,10-13,15H2,1-3H3,(H,24,26). The average molecular weight is 461 g/mol. The first-order valence-electron chi connectivity index (χ1n) is 10.5. The molecule has 1 amide bonds. The molecule has 0 radical (unpaired) electrons. The van der Waals surface area contributed by atoms with Crippen LogP contribution in [0.3, 0.4) is 0 Å². The molecule has 1 aliphatic rings. The highest BCUT2D eigenvalue weighted by molar-refractivity contribution is 7.89. The normalized spacial score (nSPS) is 14.7. The zero-order chi connectivity index (χ0) is 23.3. The molecule has 1 fully saturated rings. The van der Waals surface area contributed by atoms with Crippen LogP contribution in [0.1, 0.15) is 34.0 Å². The number of sulfonamides is 1. The molecule has 1 aliphatic heterocycles. The van der Waals surface area contributed by atoms with Crippen LogP contribution in [-0.2, 0) is 30.7 Å². The second kappa shape index (κ2) is 10.2. The molecule has 0 spiro atoms. The lowest BCUT2D eigenvalue weighted by molar-refractivity contribution is -0.119. The lowest BCUT2D eigenvalue weighted by atomic mass is 10.1. The molecule has 2 aromatic carbocycles. The molecule has 1 saturated heterocycles. The topological polar surface area (TPSA) is 102 Å². The molecule has 0 aliphatic carbocycles. The Morgan fingerprint density at radius 2 is 1.81 bits per heavy atom. The summed E-state index contributed by atoms with van der Waals surface area (Å²) in [6.45, 7) is 6.27. The van der Waals surface area contributed by atoms with Crippen molar-refractivity contribution in [2.24, 2.45) is 0 Å². The summed E-state index contributed by atoms with van der Waals surface area (Å²) in [5, 5.41) is 2.80. The third-order valence-corrected chi connectivity index (χ3v) is 7.27. The van der Waals surface area contributed by atoms with Crippen LogP contribution >= 0.6 is 0 Å². The van der Waals surface area contributed by atoms with E-state index in [0.717, 1.165) is 17.5 Å². The van der Waals surface area contributed by atoms with Crippen molar-refractivity contribution in [2.75, 3.05) is 38.2 Å². The smallest absolute Gasteiger partial charge is 0.338 e. The van der Waals surface area contributed by atoms with E-state index >= 15 is 0 Å². The van der Waals surface area contributed by atoms with Crippen molar-refractivity contribution in [1.82, 2.24) is 4.31 Å². The summed E-state index contributed by atoms with van der Waals surface area (Å²) < 4.78 is 37.5. The van der Waals surface area contributed by atoms with Crippen molar-refractivity contribution < 1.29 is 27.5 Å². The van der Waals surface area contributed by atoms with E-state index in [-0.39, 0.29) is 23.5 Å². The Kier molecular flexibility index (Phi) is 7.65. The maximum atomic E-state index is 12.9. The highest BCUT2D eigenvalue weighted by atomic mass is 32.2. The first kappa shape index (κ1) is 23.9. The second-order valence-electron chi connectivity index (χ2n) is 7.58. The molecule has 8 nitrogen and oxygen atoms in total. The van der Waals surface area contributed by atoms with Crippen LogP contribution in [-0.4, -0.2) is 57.5 Å². The molecule has 172 valence electrons. The van der Waals surface area contributed by atoms with Crippen LogP contribution in [0.2, 0.25) is 0 Å². The molecule has 0 saturated carbocycles. The molecule has 0 bridgehead atoms. The van der Waals surface area contributed by atoms with E-state index < -0.39 is 28.5 Å². The van der Waals surface area contributed by atoms with Gasteiger partial charge in [0, 0.05) is 18.8 Å². The number of nitrogens with one attached hydrogen (secondary N) is 1. The highest BCUT2D eigenvalue weighted by Crippen LogP contribution is 2.22. The Labute approximate surface area is 188 Å². The summed E-state index contributed by atoms with van der Waals surface area (Å²) in [5.41, 5.74) is 3.29. The summed E-state index contributed by atoms with van der Waals surface area (Å²) in [4.78, 5) is 25.0. The maximum Gasteiger partial charge on any atom is 0.338 e. The van der Waals surface area contributed by atoms with E-state index in [1.54, 1.807) is 13.0 Å². The molecule has 0 atom stereocenters.